The molecule has 0 radical (unpaired) electrons. The van der Waals surface area contributed by atoms with Gasteiger partial charge in [0, 0.05) is 27.7 Å². The number of H-pyrrole nitrogens is 1. The fraction of sp³-hybridized carbons (Fsp3) is 0.100. The Bertz CT molecular complexity index is 1060. The van der Waals surface area contributed by atoms with Gasteiger partial charge in [-0.25, -0.2) is 0 Å². The van der Waals surface area contributed by atoms with Gasteiger partial charge in [0.2, 0.25) is 5.78 Å². The summed E-state index contributed by atoms with van der Waals surface area (Å²) in [5, 5.41) is 20.5. The lowest BCUT2D eigenvalue weighted by atomic mass is 10.0. The quantitative estimate of drug-likeness (QED) is 0.389. The van der Waals surface area contributed by atoms with Crippen molar-refractivity contribution in [3.05, 3.63) is 64.3 Å². The van der Waals surface area contributed by atoms with Gasteiger partial charge in [-0.3, -0.25) is 4.79 Å². The maximum absolute atomic E-state index is 12.8. The van der Waals surface area contributed by atoms with E-state index < -0.39 is 5.78 Å². The van der Waals surface area contributed by atoms with Crippen LogP contribution in [0.15, 0.2) is 48.2 Å². The van der Waals surface area contributed by atoms with E-state index in [0.29, 0.717) is 33.9 Å². The Hall–Kier alpha value is -3.23. The number of aromatic nitrogens is 1. The zero-order valence-electron chi connectivity index (χ0n) is 13.9. The van der Waals surface area contributed by atoms with Gasteiger partial charge in [-0.1, -0.05) is 23.7 Å². The first-order valence-electron chi connectivity index (χ1n) is 7.92. The number of benzene rings is 2. The number of nitrogens with one attached hydrogen (secondary N) is 1. The minimum atomic E-state index is -0.396. The summed E-state index contributed by atoms with van der Waals surface area (Å²) < 4.78 is 5.33. The van der Waals surface area contributed by atoms with Crippen LogP contribution >= 0.6 is 11.6 Å². The van der Waals surface area contributed by atoms with Gasteiger partial charge in [0.05, 0.1) is 6.61 Å². The SMILES string of the molecule is CCOc1cc(/C=C(/C#N)C(=O)c2c[nH]c3cc(Cl)ccc23)ccc1O. The minimum Gasteiger partial charge on any atom is -0.504 e. The average molecular weight is 367 g/mol. The largest absolute Gasteiger partial charge is 0.504 e. The van der Waals surface area contributed by atoms with Crippen LogP contribution in [0, 0.1) is 11.3 Å². The molecule has 6 heteroatoms. The average Bonchev–Trinajstić information content (AvgIpc) is 3.04. The Labute approximate surface area is 155 Å². The lowest BCUT2D eigenvalue weighted by Gasteiger charge is -2.06. The van der Waals surface area contributed by atoms with E-state index in [1.54, 1.807) is 43.5 Å². The van der Waals surface area contributed by atoms with E-state index in [2.05, 4.69) is 4.98 Å². The highest BCUT2D eigenvalue weighted by Gasteiger charge is 2.17. The number of aromatic amines is 1. The number of phenolic OH excluding ortho intramolecular Hbond substituents is 1. The number of hydrogen-bond acceptors (Lipinski definition) is 4. The second-order valence-electron chi connectivity index (χ2n) is 5.55. The zero-order valence-corrected chi connectivity index (χ0v) is 14.7. The summed E-state index contributed by atoms with van der Waals surface area (Å²) in [5.74, 6) is -0.0952. The van der Waals surface area contributed by atoms with Crippen molar-refractivity contribution in [2.24, 2.45) is 0 Å². The molecule has 0 aliphatic heterocycles. The fourth-order valence-corrected chi connectivity index (χ4v) is 2.81. The number of carbonyl (C=O) groups is 1. The molecule has 0 atom stereocenters. The van der Waals surface area contributed by atoms with Crippen molar-refractivity contribution < 1.29 is 14.6 Å². The minimum absolute atomic E-state index is 0.00217. The number of ether oxygens (including phenoxy) is 1. The second kappa shape index (κ2) is 7.34. The molecular weight excluding hydrogens is 352 g/mol. The number of phenols is 1. The Morgan fingerprint density at radius 2 is 2.15 bits per heavy atom. The molecule has 2 N–H and O–H groups in total. The van der Waals surface area contributed by atoms with Crippen LogP contribution in [-0.4, -0.2) is 22.5 Å². The van der Waals surface area contributed by atoms with E-state index >= 15 is 0 Å². The number of fused-ring (bicyclic) bond motifs is 1. The van der Waals surface area contributed by atoms with Crippen molar-refractivity contribution in [3.8, 4) is 17.6 Å². The van der Waals surface area contributed by atoms with Gasteiger partial charge in [0.15, 0.2) is 11.5 Å². The smallest absolute Gasteiger partial charge is 0.205 e. The van der Waals surface area contributed by atoms with Crippen LogP contribution in [0.25, 0.3) is 17.0 Å². The monoisotopic (exact) mass is 366 g/mol. The van der Waals surface area contributed by atoms with E-state index in [4.69, 9.17) is 16.3 Å². The first kappa shape index (κ1) is 17.6. The number of nitriles is 1. The predicted octanol–water partition coefficient (Wildman–Crippen LogP) is 4.72. The predicted molar refractivity (Wildman–Crippen MR) is 101 cm³/mol. The molecule has 0 spiro atoms. The molecule has 3 aromatic rings. The molecule has 1 aromatic heterocycles. The first-order chi connectivity index (χ1) is 12.5. The summed E-state index contributed by atoms with van der Waals surface area (Å²) in [4.78, 5) is 15.8. The van der Waals surface area contributed by atoms with Crippen molar-refractivity contribution in [3.63, 3.8) is 0 Å². The summed E-state index contributed by atoms with van der Waals surface area (Å²) in [6.07, 6.45) is 3.04. The van der Waals surface area contributed by atoms with Gasteiger partial charge in [0.25, 0.3) is 0 Å². The number of carbonyl (C=O) groups excluding carboxylic acids is 1. The van der Waals surface area contributed by atoms with Gasteiger partial charge < -0.3 is 14.8 Å². The number of ketones is 1. The van der Waals surface area contributed by atoms with Crippen LogP contribution in [-0.2, 0) is 0 Å². The first-order valence-corrected chi connectivity index (χ1v) is 8.30. The summed E-state index contributed by atoms with van der Waals surface area (Å²) in [6.45, 7) is 2.19. The number of aromatic hydroxyl groups is 1. The Kier molecular flexibility index (Phi) is 4.97. The summed E-state index contributed by atoms with van der Waals surface area (Å²) in [5.41, 5.74) is 1.68. The third kappa shape index (κ3) is 3.41. The van der Waals surface area contributed by atoms with E-state index in [1.807, 2.05) is 6.07 Å². The fourth-order valence-electron chi connectivity index (χ4n) is 2.64. The third-order valence-corrected chi connectivity index (χ3v) is 4.08. The van der Waals surface area contributed by atoms with Gasteiger partial charge in [-0.15, -0.1) is 0 Å². The normalized spacial score (nSPS) is 11.3. The molecule has 0 fully saturated rings. The zero-order chi connectivity index (χ0) is 18.7. The van der Waals surface area contributed by atoms with Gasteiger partial charge in [-0.05, 0) is 42.8 Å². The molecule has 0 unspecified atom stereocenters. The maximum Gasteiger partial charge on any atom is 0.205 e. The maximum atomic E-state index is 12.8. The van der Waals surface area contributed by atoms with Crippen LogP contribution in [0.5, 0.6) is 11.5 Å². The molecule has 0 bridgehead atoms. The Morgan fingerprint density at radius 1 is 1.35 bits per heavy atom. The lowest BCUT2D eigenvalue weighted by molar-refractivity contribution is 0.104. The summed E-state index contributed by atoms with van der Waals surface area (Å²) in [7, 11) is 0. The van der Waals surface area contributed by atoms with Crippen LogP contribution in [0.2, 0.25) is 5.02 Å². The van der Waals surface area contributed by atoms with Crippen LogP contribution in [0.1, 0.15) is 22.8 Å². The number of nitrogens with zero attached hydrogens (tertiary/aromatic N) is 1. The summed E-state index contributed by atoms with van der Waals surface area (Å²) in [6, 6.07) is 11.8. The summed E-state index contributed by atoms with van der Waals surface area (Å²) >= 11 is 5.96. The molecule has 0 aliphatic rings. The molecule has 26 heavy (non-hydrogen) atoms. The number of halogens is 1. The van der Waals surface area contributed by atoms with E-state index in [-0.39, 0.29) is 11.3 Å². The molecule has 2 aromatic carbocycles. The standard InChI is InChI=1S/C20H15ClN2O3/c1-2-26-19-8-12(3-6-18(19)24)7-13(10-22)20(25)16-11-23-17-9-14(21)4-5-15(16)17/h3-9,11,23-24H,2H2,1H3/b13-7-. The van der Waals surface area contributed by atoms with Gasteiger partial charge in [0.1, 0.15) is 11.6 Å². The molecule has 130 valence electrons. The molecule has 0 amide bonds. The van der Waals surface area contributed by atoms with Gasteiger partial charge >= 0.3 is 0 Å². The third-order valence-electron chi connectivity index (χ3n) is 3.85. The number of allylic oxidation sites excluding steroid dienone is 1. The highest BCUT2D eigenvalue weighted by molar-refractivity contribution is 6.31. The number of Topliss-reactive ketones (excluding diaryl/α,β-unsaturated/α-hetero) is 1. The van der Waals surface area contributed by atoms with E-state index in [9.17, 15) is 15.2 Å². The molecule has 5 nitrogen and oxygen atoms in total. The molecular formula is C20H15ClN2O3. The highest BCUT2D eigenvalue weighted by atomic mass is 35.5. The van der Waals surface area contributed by atoms with Crippen LogP contribution < -0.4 is 4.74 Å². The highest BCUT2D eigenvalue weighted by Crippen LogP contribution is 2.29. The van der Waals surface area contributed by atoms with E-state index in [1.165, 1.54) is 12.1 Å². The molecule has 3 rings (SSSR count). The number of rotatable bonds is 5. The van der Waals surface area contributed by atoms with Crippen LogP contribution in [0.3, 0.4) is 0 Å². The Balaban J connectivity index is 2.00. The lowest BCUT2D eigenvalue weighted by Crippen LogP contribution is -2.01. The topological polar surface area (TPSA) is 86.1 Å². The van der Waals surface area contributed by atoms with Crippen molar-refractivity contribution in [2.45, 2.75) is 6.92 Å². The number of hydrogen-bond donors (Lipinski definition) is 2. The molecule has 0 saturated heterocycles. The van der Waals surface area contributed by atoms with E-state index in [0.717, 1.165) is 5.52 Å². The van der Waals surface area contributed by atoms with Crippen molar-refractivity contribution in [2.75, 3.05) is 6.61 Å². The second-order valence-corrected chi connectivity index (χ2v) is 5.99. The van der Waals surface area contributed by atoms with Crippen LogP contribution in [0.4, 0.5) is 0 Å². The molecule has 0 saturated carbocycles. The molecule has 1 heterocycles. The van der Waals surface area contributed by atoms with Gasteiger partial charge in [-0.2, -0.15) is 5.26 Å². The van der Waals surface area contributed by atoms with Crippen molar-refractivity contribution in [1.82, 2.24) is 4.98 Å². The van der Waals surface area contributed by atoms with Crippen molar-refractivity contribution >= 4 is 34.4 Å². The molecule has 0 aliphatic carbocycles. The Morgan fingerprint density at radius 3 is 2.88 bits per heavy atom. The van der Waals surface area contributed by atoms with Crippen molar-refractivity contribution in [1.29, 1.82) is 5.26 Å².